The maximum Gasteiger partial charge on any atom is 0.226 e. The van der Waals surface area contributed by atoms with Crippen molar-refractivity contribution in [2.24, 2.45) is 0 Å². The number of para-hydroxylation sites is 1. The Morgan fingerprint density at radius 2 is 2.19 bits per heavy atom. The van der Waals surface area contributed by atoms with E-state index in [1.807, 2.05) is 42.5 Å². The van der Waals surface area contributed by atoms with Gasteiger partial charge in [0, 0.05) is 17.9 Å². The number of hydrogen-bond donors (Lipinski definition) is 1. The van der Waals surface area contributed by atoms with E-state index in [1.165, 1.54) is 0 Å². The fraction of sp³-hybridized carbons (Fsp3) is 0.333. The first-order chi connectivity index (χ1) is 13.3. The lowest BCUT2D eigenvalue weighted by molar-refractivity contribution is -0.117. The second-order valence-corrected chi connectivity index (χ2v) is 7.61. The van der Waals surface area contributed by atoms with E-state index in [9.17, 15) is 4.79 Å². The molecule has 0 bridgehead atoms. The molecule has 140 valence electrons. The van der Waals surface area contributed by atoms with E-state index >= 15 is 0 Å². The molecule has 0 aliphatic carbocycles. The first-order valence-corrected chi connectivity index (χ1v) is 10.0. The maximum atomic E-state index is 12.2. The third-order valence-corrected chi connectivity index (χ3v) is 5.57. The lowest BCUT2D eigenvalue weighted by atomic mass is 10.2. The van der Waals surface area contributed by atoms with Crippen molar-refractivity contribution in [2.75, 3.05) is 25.1 Å². The molecule has 1 aromatic heterocycles. The van der Waals surface area contributed by atoms with E-state index in [0.717, 1.165) is 45.9 Å². The van der Waals surface area contributed by atoms with Crippen LogP contribution in [0.2, 0.25) is 0 Å². The second-order valence-electron chi connectivity index (χ2n) is 6.58. The van der Waals surface area contributed by atoms with Gasteiger partial charge in [-0.1, -0.05) is 24.3 Å². The highest BCUT2D eigenvalue weighted by Crippen LogP contribution is 2.31. The van der Waals surface area contributed by atoms with Gasteiger partial charge in [0.25, 0.3) is 0 Å². The van der Waals surface area contributed by atoms with Crippen LogP contribution in [0, 0.1) is 0 Å². The highest BCUT2D eigenvalue weighted by atomic mass is 32.1. The second kappa shape index (κ2) is 8.61. The molecule has 1 saturated heterocycles. The van der Waals surface area contributed by atoms with E-state index in [0.29, 0.717) is 19.6 Å². The number of amides is 1. The average Bonchev–Trinajstić information content (AvgIpc) is 3.35. The molecule has 1 amide bonds. The van der Waals surface area contributed by atoms with Gasteiger partial charge in [-0.3, -0.25) is 4.79 Å². The molecule has 4 rings (SSSR count). The molecule has 0 spiro atoms. The van der Waals surface area contributed by atoms with Gasteiger partial charge in [-0.15, -0.1) is 11.3 Å². The monoisotopic (exact) mass is 382 g/mol. The van der Waals surface area contributed by atoms with Gasteiger partial charge in [0.1, 0.15) is 5.01 Å². The Hall–Kier alpha value is -2.28. The van der Waals surface area contributed by atoms with Crippen LogP contribution in [-0.2, 0) is 14.3 Å². The van der Waals surface area contributed by atoms with Gasteiger partial charge < -0.3 is 14.8 Å². The number of nitrogens with one attached hydrogen (secondary N) is 1. The van der Waals surface area contributed by atoms with E-state index in [2.05, 4.69) is 16.4 Å². The Labute approximate surface area is 162 Å². The van der Waals surface area contributed by atoms with Crippen molar-refractivity contribution in [1.29, 1.82) is 0 Å². The standard InChI is InChI=1S/C21H22N2O3S/c24-20(10-12-25-14-17-7-4-11-26-17)22-16-6-3-5-15(13-16)21-23-18-8-1-2-9-19(18)27-21/h1-3,5-6,8-9,13,17H,4,7,10-12,14H2,(H,22,24). The number of aromatic nitrogens is 1. The molecular weight excluding hydrogens is 360 g/mol. The van der Waals surface area contributed by atoms with Gasteiger partial charge in [0.05, 0.1) is 36.0 Å². The number of carbonyl (C=O) groups is 1. The molecule has 2 aromatic carbocycles. The number of carbonyl (C=O) groups excluding carboxylic acids is 1. The Bertz CT molecular complexity index is 885. The lowest BCUT2D eigenvalue weighted by Crippen LogP contribution is -2.18. The summed E-state index contributed by atoms with van der Waals surface area (Å²) in [6.07, 6.45) is 2.67. The summed E-state index contributed by atoms with van der Waals surface area (Å²) in [5, 5.41) is 3.89. The highest BCUT2D eigenvalue weighted by Gasteiger charge is 2.15. The fourth-order valence-corrected chi connectivity index (χ4v) is 4.07. The Morgan fingerprint density at radius 3 is 3.04 bits per heavy atom. The SMILES string of the molecule is O=C(CCOCC1CCCO1)Nc1cccc(-c2nc3ccccc3s2)c1. The molecule has 1 unspecified atom stereocenters. The molecule has 1 fully saturated rings. The van der Waals surface area contributed by atoms with Crippen LogP contribution in [0.3, 0.4) is 0 Å². The normalized spacial score (nSPS) is 16.7. The third kappa shape index (κ3) is 4.71. The average molecular weight is 382 g/mol. The molecular formula is C21H22N2O3S. The minimum Gasteiger partial charge on any atom is -0.378 e. The molecule has 0 saturated carbocycles. The third-order valence-electron chi connectivity index (χ3n) is 4.49. The molecule has 5 nitrogen and oxygen atoms in total. The zero-order valence-electron chi connectivity index (χ0n) is 15.0. The van der Waals surface area contributed by atoms with Crippen molar-refractivity contribution < 1.29 is 14.3 Å². The summed E-state index contributed by atoms with van der Waals surface area (Å²) in [7, 11) is 0. The van der Waals surface area contributed by atoms with E-state index < -0.39 is 0 Å². The van der Waals surface area contributed by atoms with Gasteiger partial charge in [0.15, 0.2) is 0 Å². The van der Waals surface area contributed by atoms with Crippen LogP contribution in [0.25, 0.3) is 20.8 Å². The first-order valence-electron chi connectivity index (χ1n) is 9.23. The molecule has 0 radical (unpaired) electrons. The number of fused-ring (bicyclic) bond motifs is 1. The molecule has 27 heavy (non-hydrogen) atoms. The van der Waals surface area contributed by atoms with Crippen LogP contribution in [0.4, 0.5) is 5.69 Å². The highest BCUT2D eigenvalue weighted by molar-refractivity contribution is 7.21. The molecule has 1 atom stereocenters. The summed E-state index contributed by atoms with van der Waals surface area (Å²) in [6, 6.07) is 15.9. The van der Waals surface area contributed by atoms with Crippen molar-refractivity contribution in [1.82, 2.24) is 4.98 Å². The zero-order chi connectivity index (χ0) is 18.5. The number of hydrogen-bond acceptors (Lipinski definition) is 5. The molecule has 1 N–H and O–H groups in total. The lowest BCUT2D eigenvalue weighted by Gasteiger charge is -2.10. The number of benzene rings is 2. The summed E-state index contributed by atoms with van der Waals surface area (Å²) < 4.78 is 12.2. The minimum atomic E-state index is -0.0520. The zero-order valence-corrected chi connectivity index (χ0v) is 15.8. The van der Waals surface area contributed by atoms with Gasteiger partial charge in [-0.05, 0) is 37.1 Å². The van der Waals surface area contributed by atoms with Crippen molar-refractivity contribution in [3.8, 4) is 10.6 Å². The van der Waals surface area contributed by atoms with Crippen molar-refractivity contribution in [2.45, 2.75) is 25.4 Å². The Kier molecular flexibility index (Phi) is 5.77. The predicted octanol–water partition coefficient (Wildman–Crippen LogP) is 4.49. The van der Waals surface area contributed by atoms with Crippen molar-refractivity contribution in [3.63, 3.8) is 0 Å². The summed E-state index contributed by atoms with van der Waals surface area (Å²) in [5.41, 5.74) is 2.77. The van der Waals surface area contributed by atoms with Gasteiger partial charge in [0.2, 0.25) is 5.91 Å². The number of ether oxygens (including phenoxy) is 2. The number of nitrogens with zero attached hydrogens (tertiary/aromatic N) is 1. The van der Waals surface area contributed by atoms with E-state index in [1.54, 1.807) is 11.3 Å². The van der Waals surface area contributed by atoms with Gasteiger partial charge in [-0.2, -0.15) is 0 Å². The Morgan fingerprint density at radius 1 is 1.26 bits per heavy atom. The largest absolute Gasteiger partial charge is 0.378 e. The minimum absolute atomic E-state index is 0.0520. The number of rotatable bonds is 7. The van der Waals surface area contributed by atoms with Crippen LogP contribution < -0.4 is 5.32 Å². The van der Waals surface area contributed by atoms with Gasteiger partial charge >= 0.3 is 0 Å². The number of thiazole rings is 1. The van der Waals surface area contributed by atoms with E-state index in [4.69, 9.17) is 9.47 Å². The topological polar surface area (TPSA) is 60.5 Å². The van der Waals surface area contributed by atoms with Crippen molar-refractivity contribution in [3.05, 3.63) is 48.5 Å². The molecule has 3 aromatic rings. The van der Waals surface area contributed by atoms with Crippen LogP contribution >= 0.6 is 11.3 Å². The molecule has 2 heterocycles. The molecule has 1 aliphatic heterocycles. The number of anilines is 1. The van der Waals surface area contributed by atoms with Crippen LogP contribution in [0.15, 0.2) is 48.5 Å². The van der Waals surface area contributed by atoms with E-state index in [-0.39, 0.29) is 12.0 Å². The van der Waals surface area contributed by atoms with Crippen LogP contribution in [0.5, 0.6) is 0 Å². The van der Waals surface area contributed by atoms with Crippen LogP contribution in [-0.4, -0.2) is 36.8 Å². The fourth-order valence-electron chi connectivity index (χ4n) is 3.10. The Balaban J connectivity index is 1.32. The smallest absolute Gasteiger partial charge is 0.226 e. The maximum absolute atomic E-state index is 12.2. The quantitative estimate of drug-likeness (QED) is 0.612. The summed E-state index contributed by atoms with van der Waals surface area (Å²) in [6.45, 7) is 1.79. The summed E-state index contributed by atoms with van der Waals surface area (Å²) in [4.78, 5) is 16.8. The van der Waals surface area contributed by atoms with Crippen molar-refractivity contribution >= 4 is 33.1 Å². The summed E-state index contributed by atoms with van der Waals surface area (Å²) in [5.74, 6) is -0.0520. The molecule has 1 aliphatic rings. The van der Waals surface area contributed by atoms with Crippen LogP contribution in [0.1, 0.15) is 19.3 Å². The van der Waals surface area contributed by atoms with Gasteiger partial charge in [-0.25, -0.2) is 4.98 Å². The first kappa shape index (κ1) is 18.1. The summed E-state index contributed by atoms with van der Waals surface area (Å²) >= 11 is 1.65. The predicted molar refractivity (Wildman–Crippen MR) is 108 cm³/mol. The molecule has 6 heteroatoms.